The van der Waals surface area contributed by atoms with Gasteiger partial charge in [0, 0.05) is 30.7 Å². The topological polar surface area (TPSA) is 32.8 Å². The maximum Gasteiger partial charge on any atom is 0.418 e. The van der Waals surface area contributed by atoms with Crippen LogP contribution in [0.1, 0.15) is 28.8 Å². The molecule has 2 heterocycles. The van der Waals surface area contributed by atoms with Crippen molar-refractivity contribution in [1.29, 1.82) is 0 Å². The summed E-state index contributed by atoms with van der Waals surface area (Å²) < 4.78 is 46.2. The number of ether oxygens (including phenoxy) is 1. The highest BCUT2D eigenvalue weighted by atomic mass is 79.9. The van der Waals surface area contributed by atoms with Crippen molar-refractivity contribution in [3.05, 3.63) is 27.7 Å². The van der Waals surface area contributed by atoms with Crippen molar-refractivity contribution < 1.29 is 22.7 Å². The lowest BCUT2D eigenvalue weighted by atomic mass is 10.0. The lowest BCUT2D eigenvalue weighted by Gasteiger charge is -2.31. The average molecular weight is 407 g/mol. The van der Waals surface area contributed by atoms with Crippen LogP contribution in [0.5, 0.6) is 0 Å². The number of alkyl halides is 3. The zero-order valence-electron chi connectivity index (χ0n) is 13.0. The fourth-order valence-corrected chi connectivity index (χ4v) is 3.65. The monoisotopic (exact) mass is 406 g/mol. The molecule has 3 rings (SSSR count). The van der Waals surface area contributed by atoms with Crippen molar-refractivity contribution in [1.82, 2.24) is 4.90 Å². The molecule has 1 amide bonds. The molecule has 4 nitrogen and oxygen atoms in total. The third kappa shape index (κ3) is 3.54. The summed E-state index contributed by atoms with van der Waals surface area (Å²) in [6, 6.07) is 2.56. The normalized spacial score (nSPS) is 19.0. The predicted molar refractivity (Wildman–Crippen MR) is 87.3 cm³/mol. The van der Waals surface area contributed by atoms with Crippen LogP contribution in [0.4, 0.5) is 18.9 Å². The minimum Gasteiger partial charge on any atom is -0.378 e. The fourth-order valence-electron chi connectivity index (χ4n) is 3.20. The fraction of sp³-hybridized carbons (Fsp3) is 0.562. The van der Waals surface area contributed by atoms with Gasteiger partial charge in [-0.1, -0.05) is 15.9 Å². The summed E-state index contributed by atoms with van der Waals surface area (Å²) in [6.07, 6.45) is -2.85. The van der Waals surface area contributed by atoms with Crippen molar-refractivity contribution in [2.75, 3.05) is 44.3 Å². The Hall–Kier alpha value is -1.28. The van der Waals surface area contributed by atoms with E-state index >= 15 is 0 Å². The van der Waals surface area contributed by atoms with Gasteiger partial charge in [0.05, 0.1) is 30.0 Å². The molecule has 2 aliphatic rings. The molecule has 0 spiro atoms. The molecule has 1 aromatic rings. The highest BCUT2D eigenvalue weighted by Crippen LogP contribution is 2.42. The molecule has 2 fully saturated rings. The molecule has 2 aliphatic heterocycles. The first kappa shape index (κ1) is 17.5. The van der Waals surface area contributed by atoms with E-state index in [1.807, 2.05) is 0 Å². The number of rotatable bonds is 2. The van der Waals surface area contributed by atoms with Crippen LogP contribution < -0.4 is 4.90 Å². The van der Waals surface area contributed by atoms with E-state index in [-0.39, 0.29) is 21.6 Å². The van der Waals surface area contributed by atoms with E-state index in [9.17, 15) is 18.0 Å². The first-order chi connectivity index (χ1) is 11.4. The summed E-state index contributed by atoms with van der Waals surface area (Å²) in [4.78, 5) is 16.1. The molecule has 0 radical (unpaired) electrons. The molecule has 0 aliphatic carbocycles. The van der Waals surface area contributed by atoms with Crippen LogP contribution in [-0.4, -0.2) is 50.2 Å². The first-order valence-electron chi connectivity index (χ1n) is 7.90. The summed E-state index contributed by atoms with van der Waals surface area (Å²) in [5, 5.41) is 0. The zero-order valence-corrected chi connectivity index (χ0v) is 14.6. The van der Waals surface area contributed by atoms with E-state index in [0.717, 1.165) is 18.9 Å². The summed E-state index contributed by atoms with van der Waals surface area (Å²) in [5.74, 6) is -0.369. The number of benzene rings is 1. The Labute approximate surface area is 146 Å². The second kappa shape index (κ2) is 6.92. The molecular formula is C16H18BrF3N2O2. The number of carbonyl (C=O) groups excluding carboxylic acids is 1. The third-order valence-corrected chi connectivity index (χ3v) is 4.79. The summed E-state index contributed by atoms with van der Waals surface area (Å²) >= 11 is 3.13. The Morgan fingerprint density at radius 3 is 2.29 bits per heavy atom. The molecule has 2 saturated heterocycles. The van der Waals surface area contributed by atoms with Crippen molar-refractivity contribution in [2.24, 2.45) is 0 Å². The number of halogens is 4. The molecule has 0 unspecified atom stereocenters. The number of hydrogen-bond donors (Lipinski definition) is 0. The van der Waals surface area contributed by atoms with Crippen LogP contribution in [-0.2, 0) is 10.9 Å². The molecule has 0 N–H and O–H groups in total. The maximum absolute atomic E-state index is 13.6. The standard InChI is InChI=1S/C16H18BrF3N2O2/c17-11-9-12(15(23)22-5-7-24-8-6-22)14(21-3-1-2-4-21)13(10-11)16(18,19)20/h9-10H,1-8H2. The molecule has 8 heteroatoms. The van der Waals surface area contributed by atoms with Crippen LogP contribution in [0.2, 0.25) is 0 Å². The van der Waals surface area contributed by atoms with Crippen LogP contribution in [0, 0.1) is 0 Å². The minimum atomic E-state index is -4.51. The Balaban J connectivity index is 2.09. The van der Waals surface area contributed by atoms with Crippen molar-refractivity contribution >= 4 is 27.5 Å². The number of nitrogens with zero attached hydrogens (tertiary/aromatic N) is 2. The van der Waals surface area contributed by atoms with Gasteiger partial charge in [0.2, 0.25) is 0 Å². The van der Waals surface area contributed by atoms with Gasteiger partial charge in [-0.3, -0.25) is 4.79 Å². The smallest absolute Gasteiger partial charge is 0.378 e. The lowest BCUT2D eigenvalue weighted by Crippen LogP contribution is -2.41. The second-order valence-electron chi connectivity index (χ2n) is 5.95. The number of hydrogen-bond acceptors (Lipinski definition) is 3. The van der Waals surface area contributed by atoms with Gasteiger partial charge in [-0.05, 0) is 25.0 Å². The number of anilines is 1. The van der Waals surface area contributed by atoms with Crippen LogP contribution in [0.15, 0.2) is 16.6 Å². The van der Waals surface area contributed by atoms with Gasteiger partial charge in [-0.15, -0.1) is 0 Å². The lowest BCUT2D eigenvalue weighted by molar-refractivity contribution is -0.137. The number of morpholine rings is 1. The van der Waals surface area contributed by atoms with Crippen LogP contribution in [0.25, 0.3) is 0 Å². The molecule has 132 valence electrons. The Morgan fingerprint density at radius 1 is 1.08 bits per heavy atom. The molecule has 24 heavy (non-hydrogen) atoms. The van der Waals surface area contributed by atoms with Gasteiger partial charge in [-0.2, -0.15) is 13.2 Å². The Bertz CT molecular complexity index is 624. The number of carbonyl (C=O) groups is 1. The van der Waals surface area contributed by atoms with E-state index < -0.39 is 11.7 Å². The largest absolute Gasteiger partial charge is 0.418 e. The maximum atomic E-state index is 13.6. The van der Waals surface area contributed by atoms with E-state index in [1.54, 1.807) is 9.80 Å². The molecule has 0 aromatic heterocycles. The number of amides is 1. The summed E-state index contributed by atoms with van der Waals surface area (Å²) in [7, 11) is 0. The van der Waals surface area contributed by atoms with Gasteiger partial charge in [-0.25, -0.2) is 0 Å². The minimum absolute atomic E-state index is 0.0136. The predicted octanol–water partition coefficient (Wildman–Crippen LogP) is 3.54. The summed E-state index contributed by atoms with van der Waals surface area (Å²) in [5.41, 5.74) is -0.629. The molecule has 0 saturated carbocycles. The van der Waals surface area contributed by atoms with E-state index in [4.69, 9.17) is 4.74 Å². The van der Waals surface area contributed by atoms with Crippen LogP contribution >= 0.6 is 15.9 Å². The quantitative estimate of drug-likeness (QED) is 0.752. The zero-order chi connectivity index (χ0) is 17.3. The van der Waals surface area contributed by atoms with Crippen molar-refractivity contribution in [3.63, 3.8) is 0 Å². The molecule has 0 atom stereocenters. The van der Waals surface area contributed by atoms with Gasteiger partial charge in [0.25, 0.3) is 5.91 Å². The second-order valence-corrected chi connectivity index (χ2v) is 6.86. The Kier molecular flexibility index (Phi) is 5.05. The molecule has 1 aromatic carbocycles. The highest BCUT2D eigenvalue weighted by molar-refractivity contribution is 9.10. The summed E-state index contributed by atoms with van der Waals surface area (Å²) in [6.45, 7) is 2.68. The highest BCUT2D eigenvalue weighted by Gasteiger charge is 2.39. The molecular weight excluding hydrogens is 389 g/mol. The first-order valence-corrected chi connectivity index (χ1v) is 8.70. The van der Waals surface area contributed by atoms with E-state index in [1.165, 1.54) is 6.07 Å². The van der Waals surface area contributed by atoms with Crippen molar-refractivity contribution in [3.8, 4) is 0 Å². The van der Waals surface area contributed by atoms with E-state index in [0.29, 0.717) is 39.4 Å². The van der Waals surface area contributed by atoms with Crippen LogP contribution in [0.3, 0.4) is 0 Å². The van der Waals surface area contributed by atoms with Gasteiger partial charge in [0.15, 0.2) is 0 Å². The van der Waals surface area contributed by atoms with E-state index in [2.05, 4.69) is 15.9 Å². The average Bonchev–Trinajstić information content (AvgIpc) is 3.07. The van der Waals surface area contributed by atoms with Gasteiger partial charge < -0.3 is 14.5 Å². The van der Waals surface area contributed by atoms with Gasteiger partial charge in [0.1, 0.15) is 0 Å². The SMILES string of the molecule is O=C(c1cc(Br)cc(C(F)(F)F)c1N1CCCC1)N1CCOCC1. The third-order valence-electron chi connectivity index (χ3n) is 4.33. The molecule has 0 bridgehead atoms. The Morgan fingerprint density at radius 2 is 1.71 bits per heavy atom. The van der Waals surface area contributed by atoms with Crippen molar-refractivity contribution in [2.45, 2.75) is 19.0 Å². The van der Waals surface area contributed by atoms with Gasteiger partial charge >= 0.3 is 6.18 Å².